The molecule has 0 fully saturated rings. The van der Waals surface area contributed by atoms with Crippen molar-refractivity contribution in [3.05, 3.63) is 0 Å². The zero-order valence-corrected chi connectivity index (χ0v) is 9.95. The molecule has 0 bridgehead atoms. The Bertz CT molecular complexity index is 177. The molecule has 0 amide bonds. The molecule has 1 aliphatic heterocycles. The normalized spacial score (nSPS) is 21.6. The van der Waals surface area contributed by atoms with Gasteiger partial charge in [0.1, 0.15) is 6.34 Å². The highest BCUT2D eigenvalue weighted by molar-refractivity contribution is 14.1. The molecule has 0 aromatic heterocycles. The van der Waals surface area contributed by atoms with Gasteiger partial charge in [0, 0.05) is 6.54 Å². The number of hydrogen-bond acceptors (Lipinski definition) is 3. The fourth-order valence-corrected chi connectivity index (χ4v) is 1.78. The highest BCUT2D eigenvalue weighted by Gasteiger charge is 2.24. The third kappa shape index (κ3) is 3.28. The molecule has 0 aliphatic carbocycles. The minimum Gasteiger partial charge on any atom is -0.261 e. The van der Waals surface area contributed by atoms with Crippen molar-refractivity contribution in [2.45, 2.75) is 36.8 Å². The molecule has 0 aromatic rings. The van der Waals surface area contributed by atoms with Gasteiger partial charge in [-0.05, 0) is 29.0 Å². The van der Waals surface area contributed by atoms with Crippen LogP contribution in [0.1, 0.15) is 32.6 Å². The van der Waals surface area contributed by atoms with Gasteiger partial charge < -0.3 is 0 Å². The van der Waals surface area contributed by atoms with Crippen LogP contribution in [-0.2, 0) is 0 Å². The number of hydrazone groups is 1. The molecule has 3 nitrogen and oxygen atoms in total. The Kier molecular flexibility index (Phi) is 4.76. The third-order valence-corrected chi connectivity index (χ3v) is 3.18. The molecular weight excluding hydrogens is 284 g/mol. The van der Waals surface area contributed by atoms with Crippen molar-refractivity contribution in [3.63, 3.8) is 0 Å². The summed E-state index contributed by atoms with van der Waals surface area (Å²) in [5.74, 6) is 0. The van der Waals surface area contributed by atoms with E-state index in [9.17, 15) is 4.48 Å². The van der Waals surface area contributed by atoms with Crippen LogP contribution in [0.25, 0.3) is 0 Å². The van der Waals surface area contributed by atoms with Crippen molar-refractivity contribution in [1.29, 1.82) is 0 Å². The standard InChI is InChI=1S/C8H15FIN3/c1-2-3-4-5-6-13-8(10)12(9)7-11-13/h7-8H,2-6H2,1H3. The number of halogens is 2. The van der Waals surface area contributed by atoms with Crippen LogP contribution in [0.3, 0.4) is 0 Å². The second kappa shape index (κ2) is 5.62. The predicted octanol–water partition coefficient (Wildman–Crippen LogP) is 2.73. The minimum absolute atomic E-state index is 0.251. The summed E-state index contributed by atoms with van der Waals surface area (Å²) in [5, 5.41) is 6.35. The molecule has 0 N–H and O–H groups in total. The van der Waals surface area contributed by atoms with Crippen LogP contribution < -0.4 is 0 Å². The maximum atomic E-state index is 12.8. The lowest BCUT2D eigenvalue weighted by Crippen LogP contribution is -2.30. The summed E-state index contributed by atoms with van der Waals surface area (Å²) in [7, 11) is 0. The lowest BCUT2D eigenvalue weighted by atomic mass is 10.2. The molecule has 5 heteroatoms. The third-order valence-electron chi connectivity index (χ3n) is 2.00. The van der Waals surface area contributed by atoms with Gasteiger partial charge in [0.05, 0.1) is 0 Å². The molecule has 0 saturated carbocycles. The Balaban J connectivity index is 2.12. The van der Waals surface area contributed by atoms with Gasteiger partial charge in [-0.1, -0.05) is 30.7 Å². The van der Waals surface area contributed by atoms with Crippen LogP contribution in [-0.4, -0.2) is 27.2 Å². The number of nitrogens with zero attached hydrogens (tertiary/aromatic N) is 3. The molecule has 1 atom stereocenters. The van der Waals surface area contributed by atoms with E-state index in [0.717, 1.165) is 13.0 Å². The first-order valence-electron chi connectivity index (χ1n) is 4.64. The van der Waals surface area contributed by atoms with Gasteiger partial charge in [0.15, 0.2) is 4.17 Å². The van der Waals surface area contributed by atoms with Crippen LogP contribution >= 0.6 is 22.6 Å². The Morgan fingerprint density at radius 1 is 1.46 bits per heavy atom. The summed E-state index contributed by atoms with van der Waals surface area (Å²) in [5.41, 5.74) is 0. The van der Waals surface area contributed by atoms with Gasteiger partial charge in [-0.25, -0.2) is 0 Å². The number of hydrogen-bond donors (Lipinski definition) is 0. The number of rotatable bonds is 5. The largest absolute Gasteiger partial charge is 0.261 e. The summed E-state index contributed by atoms with van der Waals surface area (Å²) < 4.78 is 12.5. The van der Waals surface area contributed by atoms with Gasteiger partial charge in [-0.15, -0.1) is 0 Å². The van der Waals surface area contributed by atoms with E-state index in [4.69, 9.17) is 0 Å². The molecule has 76 valence electrons. The van der Waals surface area contributed by atoms with Crippen LogP contribution in [0.5, 0.6) is 0 Å². The maximum absolute atomic E-state index is 12.8. The van der Waals surface area contributed by atoms with E-state index in [1.165, 1.54) is 25.6 Å². The van der Waals surface area contributed by atoms with Crippen molar-refractivity contribution < 1.29 is 4.48 Å². The first kappa shape index (κ1) is 11.0. The van der Waals surface area contributed by atoms with E-state index in [1.807, 2.05) is 22.6 Å². The molecule has 1 heterocycles. The smallest absolute Gasteiger partial charge is 0.200 e. The minimum atomic E-state index is -0.251. The highest BCUT2D eigenvalue weighted by Crippen LogP contribution is 2.19. The fraction of sp³-hybridized carbons (Fsp3) is 0.875. The van der Waals surface area contributed by atoms with Crippen molar-refractivity contribution in [2.75, 3.05) is 6.54 Å². The molecule has 0 saturated heterocycles. The van der Waals surface area contributed by atoms with Crippen molar-refractivity contribution in [1.82, 2.24) is 10.1 Å². The SMILES string of the molecule is CCCCCCN1N=CN(F)C1I. The van der Waals surface area contributed by atoms with E-state index >= 15 is 0 Å². The van der Waals surface area contributed by atoms with Crippen molar-refractivity contribution in [2.24, 2.45) is 5.10 Å². The van der Waals surface area contributed by atoms with Gasteiger partial charge in [0.25, 0.3) is 0 Å². The second-order valence-electron chi connectivity index (χ2n) is 3.11. The molecule has 0 radical (unpaired) electrons. The summed E-state index contributed by atoms with van der Waals surface area (Å²) >= 11 is 2.03. The monoisotopic (exact) mass is 299 g/mol. The van der Waals surface area contributed by atoms with E-state index in [1.54, 1.807) is 5.01 Å². The Morgan fingerprint density at radius 2 is 2.23 bits per heavy atom. The second-order valence-corrected chi connectivity index (χ2v) is 4.22. The average molecular weight is 299 g/mol. The quantitative estimate of drug-likeness (QED) is 0.255. The summed E-state index contributed by atoms with van der Waals surface area (Å²) in [6, 6.07) is 0. The van der Waals surface area contributed by atoms with Gasteiger partial charge in [-0.2, -0.15) is 10.2 Å². The summed E-state index contributed by atoms with van der Waals surface area (Å²) in [6.45, 7) is 3.03. The maximum Gasteiger partial charge on any atom is 0.200 e. The van der Waals surface area contributed by atoms with Crippen LogP contribution in [0.2, 0.25) is 0 Å². The Morgan fingerprint density at radius 3 is 2.77 bits per heavy atom. The molecule has 0 spiro atoms. The molecule has 1 aliphatic rings. The van der Waals surface area contributed by atoms with Gasteiger partial charge in [0.2, 0.25) is 0 Å². The highest BCUT2D eigenvalue weighted by atomic mass is 127. The summed E-state index contributed by atoms with van der Waals surface area (Å²) in [4.78, 5) is 0. The van der Waals surface area contributed by atoms with Gasteiger partial charge >= 0.3 is 0 Å². The molecule has 13 heavy (non-hydrogen) atoms. The van der Waals surface area contributed by atoms with Crippen LogP contribution in [0.15, 0.2) is 5.10 Å². The van der Waals surface area contributed by atoms with Crippen LogP contribution in [0, 0.1) is 0 Å². The number of alkyl halides is 1. The molecule has 1 unspecified atom stereocenters. The Labute approximate surface area is 92.0 Å². The van der Waals surface area contributed by atoms with E-state index in [0.29, 0.717) is 5.12 Å². The summed E-state index contributed by atoms with van der Waals surface area (Å²) in [6.07, 6.45) is 6.02. The topological polar surface area (TPSA) is 18.8 Å². The predicted molar refractivity (Wildman–Crippen MR) is 60.1 cm³/mol. The zero-order chi connectivity index (χ0) is 9.68. The van der Waals surface area contributed by atoms with Crippen molar-refractivity contribution in [3.8, 4) is 0 Å². The molecule has 0 aromatic carbocycles. The first-order valence-corrected chi connectivity index (χ1v) is 5.89. The van der Waals surface area contributed by atoms with Crippen molar-refractivity contribution >= 4 is 28.9 Å². The van der Waals surface area contributed by atoms with E-state index in [2.05, 4.69) is 12.0 Å². The van der Waals surface area contributed by atoms with E-state index in [-0.39, 0.29) is 4.17 Å². The van der Waals surface area contributed by atoms with Crippen LogP contribution in [0.4, 0.5) is 4.48 Å². The van der Waals surface area contributed by atoms with Gasteiger partial charge in [-0.3, -0.25) is 5.01 Å². The first-order chi connectivity index (χ1) is 6.25. The lowest BCUT2D eigenvalue weighted by Gasteiger charge is -2.19. The zero-order valence-electron chi connectivity index (χ0n) is 7.79. The fourth-order valence-electron chi connectivity index (χ4n) is 1.22. The molecule has 1 rings (SSSR count). The lowest BCUT2D eigenvalue weighted by molar-refractivity contribution is 0.0673. The number of unbranched alkanes of at least 4 members (excludes halogenated alkanes) is 3. The Hall–Kier alpha value is -0.0700. The average Bonchev–Trinajstić information content (AvgIpc) is 2.43. The molecular formula is C8H15FIN3. The van der Waals surface area contributed by atoms with E-state index < -0.39 is 0 Å².